The number of methoxy groups -OCH3 is 1. The third kappa shape index (κ3) is 3.86. The number of nitrogens with one attached hydrogen (secondary N) is 1. The predicted molar refractivity (Wildman–Crippen MR) is 97.7 cm³/mol. The molecule has 2 aromatic rings. The molecular formula is C20H22N2O4. The molecule has 0 bridgehead atoms. The molecule has 0 fully saturated rings. The Kier molecular flexibility index (Phi) is 5.53. The minimum Gasteiger partial charge on any atom is -0.469 e. The third-order valence-corrected chi connectivity index (χ3v) is 4.51. The molecule has 1 amide bonds. The van der Waals surface area contributed by atoms with Crippen molar-refractivity contribution in [1.82, 2.24) is 5.32 Å². The normalized spacial score (nSPS) is 13.5. The lowest BCUT2D eigenvalue weighted by molar-refractivity contribution is -0.140. The molecule has 3 N–H and O–H groups in total. The smallest absolute Gasteiger partial charge is 0.407 e. The second kappa shape index (κ2) is 8.01. The van der Waals surface area contributed by atoms with Crippen LogP contribution < -0.4 is 11.1 Å². The molecule has 1 atom stereocenters. The van der Waals surface area contributed by atoms with E-state index in [1.165, 1.54) is 18.2 Å². The molecule has 0 aromatic heterocycles. The highest BCUT2D eigenvalue weighted by atomic mass is 16.5. The maximum atomic E-state index is 12.0. The van der Waals surface area contributed by atoms with Gasteiger partial charge in [0.2, 0.25) is 0 Å². The van der Waals surface area contributed by atoms with Gasteiger partial charge in [-0.2, -0.15) is 0 Å². The number of amides is 1. The van der Waals surface area contributed by atoms with Crippen LogP contribution in [0, 0.1) is 0 Å². The van der Waals surface area contributed by atoms with Gasteiger partial charge in [-0.05, 0) is 22.3 Å². The van der Waals surface area contributed by atoms with Crippen molar-refractivity contribution in [2.75, 3.05) is 20.3 Å². The maximum Gasteiger partial charge on any atom is 0.407 e. The molecule has 0 radical (unpaired) electrons. The van der Waals surface area contributed by atoms with Gasteiger partial charge in [0, 0.05) is 18.5 Å². The van der Waals surface area contributed by atoms with Gasteiger partial charge in [-0.1, -0.05) is 48.5 Å². The van der Waals surface area contributed by atoms with Crippen LogP contribution in [0.1, 0.15) is 23.5 Å². The summed E-state index contributed by atoms with van der Waals surface area (Å²) in [6.07, 6.45) is -0.507. The summed E-state index contributed by atoms with van der Waals surface area (Å²) in [4.78, 5) is 23.1. The van der Waals surface area contributed by atoms with Gasteiger partial charge >= 0.3 is 12.1 Å². The lowest BCUT2D eigenvalue weighted by atomic mass is 9.98. The number of hydrogen-bond acceptors (Lipinski definition) is 5. The molecule has 1 aliphatic carbocycles. The van der Waals surface area contributed by atoms with Crippen molar-refractivity contribution in [3.05, 3.63) is 59.7 Å². The average Bonchev–Trinajstić information content (AvgIpc) is 2.98. The standard InChI is InChI=1S/C20H22N2O4/c1-25-19(23)10-13(21)11-22-20(24)26-12-18-16-8-4-2-6-14(16)15-7-3-5-9-17(15)18/h2-9,13,18H,10-12,21H2,1H3,(H,22,24). The highest BCUT2D eigenvalue weighted by Crippen LogP contribution is 2.44. The Hall–Kier alpha value is -2.86. The second-order valence-corrected chi connectivity index (χ2v) is 6.25. The molecule has 1 aliphatic rings. The van der Waals surface area contributed by atoms with E-state index in [4.69, 9.17) is 10.5 Å². The fourth-order valence-corrected chi connectivity index (χ4v) is 3.23. The Morgan fingerprint density at radius 3 is 2.23 bits per heavy atom. The first-order chi connectivity index (χ1) is 12.6. The molecule has 2 aromatic carbocycles. The van der Waals surface area contributed by atoms with Gasteiger partial charge in [0.1, 0.15) is 6.61 Å². The van der Waals surface area contributed by atoms with Crippen LogP contribution in [0.25, 0.3) is 11.1 Å². The third-order valence-electron chi connectivity index (χ3n) is 4.51. The highest BCUT2D eigenvalue weighted by molar-refractivity contribution is 5.79. The molecule has 0 spiro atoms. The van der Waals surface area contributed by atoms with Crippen molar-refractivity contribution in [3.8, 4) is 11.1 Å². The van der Waals surface area contributed by atoms with Crippen LogP contribution >= 0.6 is 0 Å². The van der Waals surface area contributed by atoms with Crippen LogP contribution in [0.5, 0.6) is 0 Å². The van der Waals surface area contributed by atoms with Gasteiger partial charge in [0.05, 0.1) is 13.5 Å². The number of fused-ring (bicyclic) bond motifs is 3. The van der Waals surface area contributed by atoms with E-state index in [0.717, 1.165) is 11.1 Å². The van der Waals surface area contributed by atoms with Gasteiger partial charge in [0.25, 0.3) is 0 Å². The monoisotopic (exact) mass is 354 g/mol. The number of esters is 1. The summed E-state index contributed by atoms with van der Waals surface area (Å²) in [5.41, 5.74) is 10.4. The van der Waals surface area contributed by atoms with Crippen molar-refractivity contribution in [2.45, 2.75) is 18.4 Å². The number of ether oxygens (including phenoxy) is 2. The molecule has 0 heterocycles. The van der Waals surface area contributed by atoms with Crippen molar-refractivity contribution in [3.63, 3.8) is 0 Å². The summed E-state index contributed by atoms with van der Waals surface area (Å²) < 4.78 is 9.95. The fourth-order valence-electron chi connectivity index (χ4n) is 3.23. The van der Waals surface area contributed by atoms with E-state index in [-0.39, 0.29) is 25.5 Å². The van der Waals surface area contributed by atoms with Crippen LogP contribution in [0.2, 0.25) is 0 Å². The van der Waals surface area contributed by atoms with Gasteiger partial charge in [-0.25, -0.2) is 4.79 Å². The number of alkyl carbamates (subject to hydrolysis) is 1. The zero-order valence-corrected chi connectivity index (χ0v) is 14.6. The predicted octanol–water partition coefficient (Wildman–Crippen LogP) is 2.42. The zero-order valence-electron chi connectivity index (χ0n) is 14.6. The number of benzene rings is 2. The summed E-state index contributed by atoms with van der Waals surface area (Å²) in [6.45, 7) is 0.387. The SMILES string of the molecule is COC(=O)CC(N)CNC(=O)OCC1c2ccccc2-c2ccccc21. The van der Waals surface area contributed by atoms with Crippen molar-refractivity contribution >= 4 is 12.1 Å². The largest absolute Gasteiger partial charge is 0.469 e. The van der Waals surface area contributed by atoms with Crippen LogP contribution in [0.15, 0.2) is 48.5 Å². The van der Waals surface area contributed by atoms with E-state index in [1.54, 1.807) is 0 Å². The van der Waals surface area contributed by atoms with Gasteiger partial charge in [-0.3, -0.25) is 4.79 Å². The summed E-state index contributed by atoms with van der Waals surface area (Å²) >= 11 is 0. The first kappa shape index (κ1) is 17.9. The molecule has 0 saturated heterocycles. The molecule has 3 rings (SSSR count). The first-order valence-corrected chi connectivity index (χ1v) is 8.51. The summed E-state index contributed by atoms with van der Waals surface area (Å²) in [5.74, 6) is -0.399. The minimum atomic E-state index is -0.549. The van der Waals surface area contributed by atoms with Gasteiger partial charge < -0.3 is 20.5 Å². The lowest BCUT2D eigenvalue weighted by Crippen LogP contribution is -2.39. The molecule has 6 nitrogen and oxygen atoms in total. The first-order valence-electron chi connectivity index (χ1n) is 8.51. The van der Waals surface area contributed by atoms with E-state index in [2.05, 4.69) is 34.3 Å². The van der Waals surface area contributed by atoms with E-state index in [1.807, 2.05) is 24.3 Å². The molecule has 6 heteroatoms. The quantitative estimate of drug-likeness (QED) is 0.778. The topological polar surface area (TPSA) is 90.6 Å². The Bertz CT molecular complexity index is 760. The summed E-state index contributed by atoms with van der Waals surface area (Å²) in [5, 5.41) is 2.59. The van der Waals surface area contributed by atoms with Crippen molar-refractivity contribution in [2.24, 2.45) is 5.73 Å². The van der Waals surface area contributed by atoms with E-state index < -0.39 is 18.1 Å². The second-order valence-electron chi connectivity index (χ2n) is 6.25. The fraction of sp³-hybridized carbons (Fsp3) is 0.300. The zero-order chi connectivity index (χ0) is 18.5. The van der Waals surface area contributed by atoms with Crippen LogP contribution in [-0.2, 0) is 14.3 Å². The van der Waals surface area contributed by atoms with Gasteiger partial charge in [-0.15, -0.1) is 0 Å². The number of rotatable bonds is 6. The lowest BCUT2D eigenvalue weighted by Gasteiger charge is -2.15. The van der Waals surface area contributed by atoms with E-state index in [9.17, 15) is 9.59 Å². The molecular weight excluding hydrogens is 332 g/mol. The molecule has 26 heavy (non-hydrogen) atoms. The number of nitrogens with two attached hydrogens (primary N) is 1. The van der Waals surface area contributed by atoms with Gasteiger partial charge in [0.15, 0.2) is 0 Å². The van der Waals surface area contributed by atoms with Crippen LogP contribution in [0.3, 0.4) is 0 Å². The maximum absolute atomic E-state index is 12.0. The molecule has 1 unspecified atom stereocenters. The minimum absolute atomic E-state index is 0.0110. The summed E-state index contributed by atoms with van der Waals surface area (Å²) in [7, 11) is 1.30. The Morgan fingerprint density at radius 1 is 1.08 bits per heavy atom. The van der Waals surface area contributed by atoms with E-state index >= 15 is 0 Å². The number of carbonyl (C=O) groups is 2. The summed E-state index contributed by atoms with van der Waals surface area (Å²) in [6, 6.07) is 15.8. The Morgan fingerprint density at radius 2 is 1.65 bits per heavy atom. The molecule has 0 aliphatic heterocycles. The Balaban J connectivity index is 1.58. The molecule has 0 saturated carbocycles. The average molecular weight is 354 g/mol. The Labute approximate surface area is 152 Å². The van der Waals surface area contributed by atoms with Crippen LogP contribution in [-0.4, -0.2) is 38.4 Å². The van der Waals surface area contributed by atoms with Crippen LogP contribution in [0.4, 0.5) is 4.79 Å². The van der Waals surface area contributed by atoms with E-state index in [0.29, 0.717) is 0 Å². The van der Waals surface area contributed by atoms with Crippen molar-refractivity contribution in [1.29, 1.82) is 0 Å². The number of hydrogen-bond donors (Lipinski definition) is 2. The molecule has 136 valence electrons. The number of carbonyl (C=O) groups excluding carboxylic acids is 2. The van der Waals surface area contributed by atoms with Crippen molar-refractivity contribution < 1.29 is 19.1 Å². The highest BCUT2D eigenvalue weighted by Gasteiger charge is 2.29.